The molecule has 0 heterocycles. The molecule has 0 aliphatic rings. The molecule has 0 unspecified atom stereocenters. The van der Waals surface area contributed by atoms with Gasteiger partial charge in [0.2, 0.25) is 15.9 Å². The molecular formula is C19H23ClN2O6S. The van der Waals surface area contributed by atoms with E-state index < -0.39 is 22.5 Å². The number of halogens is 1. The predicted octanol–water partition coefficient (Wildman–Crippen LogP) is 2.32. The van der Waals surface area contributed by atoms with Crippen LogP contribution >= 0.6 is 11.6 Å². The van der Waals surface area contributed by atoms with Gasteiger partial charge in [0.1, 0.15) is 30.4 Å². The Kier molecular flexibility index (Phi) is 7.98. The third kappa shape index (κ3) is 6.72. The quantitative estimate of drug-likeness (QED) is 0.567. The Morgan fingerprint density at radius 1 is 1.07 bits per heavy atom. The lowest BCUT2D eigenvalue weighted by molar-refractivity contribution is -0.119. The van der Waals surface area contributed by atoms with E-state index in [1.807, 2.05) is 0 Å². The first kappa shape index (κ1) is 22.6. The summed E-state index contributed by atoms with van der Waals surface area (Å²) in [6, 6.07) is 11.5. The fourth-order valence-electron chi connectivity index (χ4n) is 2.45. The van der Waals surface area contributed by atoms with E-state index in [9.17, 15) is 13.2 Å². The highest BCUT2D eigenvalue weighted by atomic mass is 35.5. The second-order valence-electron chi connectivity index (χ2n) is 5.96. The van der Waals surface area contributed by atoms with Crippen molar-refractivity contribution in [3.05, 3.63) is 47.5 Å². The SMILES string of the molecule is COc1ccc(N(CC(=O)NCCOc2ccc(Cl)cc2)S(C)(=O)=O)c(OC)c1. The summed E-state index contributed by atoms with van der Waals surface area (Å²) in [6.07, 6.45) is 1.02. The minimum atomic E-state index is -3.73. The third-order valence-corrected chi connectivity index (χ3v) is 5.23. The predicted molar refractivity (Wildman–Crippen MR) is 112 cm³/mol. The fraction of sp³-hybridized carbons (Fsp3) is 0.316. The molecule has 0 aromatic heterocycles. The van der Waals surface area contributed by atoms with Crippen LogP contribution in [-0.2, 0) is 14.8 Å². The van der Waals surface area contributed by atoms with Crippen molar-refractivity contribution in [3.8, 4) is 17.2 Å². The molecule has 10 heteroatoms. The second-order valence-corrected chi connectivity index (χ2v) is 8.30. The molecule has 8 nitrogen and oxygen atoms in total. The van der Waals surface area contributed by atoms with Crippen LogP contribution in [0.1, 0.15) is 0 Å². The lowest BCUT2D eigenvalue weighted by atomic mass is 10.2. The lowest BCUT2D eigenvalue weighted by Crippen LogP contribution is -2.41. The minimum absolute atomic E-state index is 0.207. The fourth-order valence-corrected chi connectivity index (χ4v) is 3.43. The molecule has 0 atom stereocenters. The van der Waals surface area contributed by atoms with Gasteiger partial charge in [-0.1, -0.05) is 11.6 Å². The number of carbonyl (C=O) groups is 1. The molecule has 0 bridgehead atoms. The van der Waals surface area contributed by atoms with Crippen molar-refractivity contribution in [1.29, 1.82) is 0 Å². The average molecular weight is 443 g/mol. The normalized spacial score (nSPS) is 10.9. The van der Waals surface area contributed by atoms with Gasteiger partial charge in [-0.3, -0.25) is 9.10 Å². The number of benzene rings is 2. The molecule has 29 heavy (non-hydrogen) atoms. The van der Waals surface area contributed by atoms with Crippen molar-refractivity contribution >= 4 is 33.2 Å². The molecule has 2 rings (SSSR count). The number of amides is 1. The molecule has 0 saturated heterocycles. The van der Waals surface area contributed by atoms with Gasteiger partial charge < -0.3 is 19.5 Å². The molecule has 0 radical (unpaired) electrons. The summed E-state index contributed by atoms with van der Waals surface area (Å²) in [7, 11) is -0.837. The van der Waals surface area contributed by atoms with Gasteiger partial charge in [-0.15, -0.1) is 0 Å². The number of carbonyl (C=O) groups excluding carboxylic acids is 1. The van der Waals surface area contributed by atoms with Crippen molar-refractivity contribution in [2.45, 2.75) is 0 Å². The summed E-state index contributed by atoms with van der Waals surface area (Å²) in [5.41, 5.74) is 0.239. The number of methoxy groups -OCH3 is 2. The molecule has 2 aromatic rings. The molecule has 1 N–H and O–H groups in total. The topological polar surface area (TPSA) is 94.2 Å². The highest BCUT2D eigenvalue weighted by molar-refractivity contribution is 7.92. The lowest BCUT2D eigenvalue weighted by Gasteiger charge is -2.24. The van der Waals surface area contributed by atoms with Crippen molar-refractivity contribution in [2.24, 2.45) is 0 Å². The van der Waals surface area contributed by atoms with Crippen molar-refractivity contribution in [2.75, 3.05) is 44.5 Å². The van der Waals surface area contributed by atoms with Gasteiger partial charge in [0.05, 0.1) is 32.7 Å². The first-order valence-electron chi connectivity index (χ1n) is 8.59. The minimum Gasteiger partial charge on any atom is -0.497 e. The van der Waals surface area contributed by atoms with Crippen LogP contribution in [0.25, 0.3) is 0 Å². The van der Waals surface area contributed by atoms with Gasteiger partial charge in [0.15, 0.2) is 0 Å². The van der Waals surface area contributed by atoms with Crippen LogP contribution in [0, 0.1) is 0 Å². The smallest absolute Gasteiger partial charge is 0.240 e. The summed E-state index contributed by atoms with van der Waals surface area (Å²) in [4.78, 5) is 12.3. The van der Waals surface area contributed by atoms with Gasteiger partial charge >= 0.3 is 0 Å². The Hall–Kier alpha value is -2.65. The van der Waals surface area contributed by atoms with Crippen LogP contribution in [-0.4, -0.2) is 54.5 Å². The highest BCUT2D eigenvalue weighted by Crippen LogP contribution is 2.33. The zero-order chi connectivity index (χ0) is 21.4. The molecule has 0 saturated carbocycles. The number of rotatable bonds is 10. The maximum Gasteiger partial charge on any atom is 0.240 e. The van der Waals surface area contributed by atoms with Crippen molar-refractivity contribution in [3.63, 3.8) is 0 Å². The van der Waals surface area contributed by atoms with E-state index in [0.29, 0.717) is 16.5 Å². The number of nitrogens with one attached hydrogen (secondary N) is 1. The Balaban J connectivity index is 1.99. The van der Waals surface area contributed by atoms with Crippen LogP contribution in [0.4, 0.5) is 5.69 Å². The third-order valence-electron chi connectivity index (χ3n) is 3.85. The van der Waals surface area contributed by atoms with E-state index in [-0.39, 0.29) is 24.6 Å². The molecule has 0 fully saturated rings. The summed E-state index contributed by atoms with van der Waals surface area (Å²) >= 11 is 5.81. The monoisotopic (exact) mass is 442 g/mol. The number of anilines is 1. The maximum absolute atomic E-state index is 12.3. The second kappa shape index (κ2) is 10.2. The van der Waals surface area contributed by atoms with Crippen LogP contribution in [0.3, 0.4) is 0 Å². The zero-order valence-electron chi connectivity index (χ0n) is 16.3. The summed E-state index contributed by atoms with van der Waals surface area (Å²) in [5.74, 6) is 0.911. The summed E-state index contributed by atoms with van der Waals surface area (Å²) in [6.45, 7) is 0.0272. The standard InChI is InChI=1S/C19H23ClN2O6S/c1-26-16-8-9-17(18(12-16)27-2)22(29(3,24)25)13-19(23)21-10-11-28-15-6-4-14(20)5-7-15/h4-9,12H,10-11,13H2,1-3H3,(H,21,23). The van der Waals surface area contributed by atoms with E-state index >= 15 is 0 Å². The Morgan fingerprint density at radius 2 is 1.72 bits per heavy atom. The van der Waals surface area contributed by atoms with Crippen molar-refractivity contribution < 1.29 is 27.4 Å². The Bertz CT molecular complexity index is 934. The molecule has 158 valence electrons. The first-order chi connectivity index (χ1) is 13.7. The number of hydrogen-bond acceptors (Lipinski definition) is 6. The Morgan fingerprint density at radius 3 is 2.31 bits per heavy atom. The molecular weight excluding hydrogens is 420 g/mol. The van der Waals surface area contributed by atoms with Crippen LogP contribution in [0.15, 0.2) is 42.5 Å². The van der Waals surface area contributed by atoms with E-state index in [2.05, 4.69) is 5.32 Å². The first-order valence-corrected chi connectivity index (χ1v) is 10.8. The molecule has 1 amide bonds. The van der Waals surface area contributed by atoms with E-state index in [0.717, 1.165) is 10.6 Å². The zero-order valence-corrected chi connectivity index (χ0v) is 17.9. The largest absolute Gasteiger partial charge is 0.497 e. The molecule has 2 aromatic carbocycles. The van der Waals surface area contributed by atoms with Gasteiger partial charge in [0, 0.05) is 11.1 Å². The molecule has 0 aliphatic carbocycles. The van der Waals surface area contributed by atoms with Crippen LogP contribution in [0.2, 0.25) is 5.02 Å². The van der Waals surface area contributed by atoms with E-state index in [1.54, 1.807) is 36.4 Å². The van der Waals surface area contributed by atoms with Crippen molar-refractivity contribution in [1.82, 2.24) is 5.32 Å². The number of nitrogens with zero attached hydrogens (tertiary/aromatic N) is 1. The van der Waals surface area contributed by atoms with Gasteiger partial charge in [-0.25, -0.2) is 8.42 Å². The average Bonchev–Trinajstić information content (AvgIpc) is 2.69. The summed E-state index contributed by atoms with van der Waals surface area (Å²) in [5, 5.41) is 3.23. The van der Waals surface area contributed by atoms with E-state index in [1.165, 1.54) is 20.3 Å². The number of ether oxygens (including phenoxy) is 3. The van der Waals surface area contributed by atoms with Crippen LogP contribution < -0.4 is 23.8 Å². The van der Waals surface area contributed by atoms with E-state index in [4.69, 9.17) is 25.8 Å². The van der Waals surface area contributed by atoms with Gasteiger partial charge in [-0.2, -0.15) is 0 Å². The molecule has 0 aliphatic heterocycles. The summed E-state index contributed by atoms with van der Waals surface area (Å²) < 4.78 is 41.3. The number of sulfonamides is 1. The Labute approximate surface area is 175 Å². The number of hydrogen-bond donors (Lipinski definition) is 1. The highest BCUT2D eigenvalue weighted by Gasteiger charge is 2.24. The van der Waals surface area contributed by atoms with Gasteiger partial charge in [-0.05, 0) is 36.4 Å². The maximum atomic E-state index is 12.3. The molecule has 0 spiro atoms. The van der Waals surface area contributed by atoms with Crippen LogP contribution in [0.5, 0.6) is 17.2 Å². The van der Waals surface area contributed by atoms with Gasteiger partial charge in [0.25, 0.3) is 0 Å².